The van der Waals surface area contributed by atoms with Crippen LogP contribution in [0.5, 0.6) is 5.88 Å². The summed E-state index contributed by atoms with van der Waals surface area (Å²) in [7, 11) is 3.59. The summed E-state index contributed by atoms with van der Waals surface area (Å²) in [5.74, 6) is 0.365. The SMILES string of the molecule is Bc1ccc(-c2cc(-c3cccs3)c(C#N)c(OC)n2)cc1. The van der Waals surface area contributed by atoms with Crippen LogP contribution >= 0.6 is 11.3 Å². The largest absolute Gasteiger partial charge is 0.480 e. The van der Waals surface area contributed by atoms with Crippen molar-refractivity contribution in [3.63, 3.8) is 0 Å². The Labute approximate surface area is 134 Å². The number of benzene rings is 1. The van der Waals surface area contributed by atoms with Crippen LogP contribution in [0.4, 0.5) is 0 Å². The molecule has 1 aromatic carbocycles. The standard InChI is InChI=1S/C17H13BN2OS/c1-21-17-14(10-19)13(16-3-2-8-22-16)9-15(20-17)11-4-6-12(18)7-5-11/h2-9H,18H2,1H3. The maximum atomic E-state index is 9.46. The molecular weight excluding hydrogens is 291 g/mol. The van der Waals surface area contributed by atoms with Crippen molar-refractivity contribution in [1.29, 1.82) is 5.26 Å². The van der Waals surface area contributed by atoms with Gasteiger partial charge in [0.1, 0.15) is 19.5 Å². The molecule has 0 amide bonds. The fourth-order valence-electron chi connectivity index (χ4n) is 2.28. The van der Waals surface area contributed by atoms with Crippen molar-refractivity contribution in [3.05, 3.63) is 53.4 Å². The molecular formula is C17H13BN2OS. The highest BCUT2D eigenvalue weighted by Gasteiger charge is 2.16. The number of nitriles is 1. The van der Waals surface area contributed by atoms with Gasteiger partial charge in [-0.1, -0.05) is 35.8 Å². The van der Waals surface area contributed by atoms with Gasteiger partial charge in [-0.05, 0) is 17.5 Å². The monoisotopic (exact) mass is 304 g/mol. The molecule has 0 N–H and O–H groups in total. The lowest BCUT2D eigenvalue weighted by Gasteiger charge is -2.10. The first-order valence-corrected chi connectivity index (χ1v) is 7.71. The summed E-state index contributed by atoms with van der Waals surface area (Å²) in [6.45, 7) is 0. The lowest BCUT2D eigenvalue weighted by molar-refractivity contribution is 0.397. The number of thiophene rings is 1. The van der Waals surface area contributed by atoms with Gasteiger partial charge in [0.25, 0.3) is 0 Å². The van der Waals surface area contributed by atoms with Gasteiger partial charge >= 0.3 is 0 Å². The van der Waals surface area contributed by atoms with Gasteiger partial charge in [-0.2, -0.15) is 5.26 Å². The van der Waals surface area contributed by atoms with Gasteiger partial charge in [0, 0.05) is 16.0 Å². The molecule has 0 bridgehead atoms. The molecule has 0 unspecified atom stereocenters. The van der Waals surface area contributed by atoms with Crippen LogP contribution in [-0.2, 0) is 0 Å². The third-order valence-electron chi connectivity index (χ3n) is 3.43. The lowest BCUT2D eigenvalue weighted by atomic mass is 9.94. The molecule has 5 heteroatoms. The van der Waals surface area contributed by atoms with E-state index in [4.69, 9.17) is 4.74 Å². The molecule has 0 aliphatic rings. The number of aromatic nitrogens is 1. The molecule has 0 aliphatic heterocycles. The van der Waals surface area contributed by atoms with Crippen molar-refractivity contribution in [2.45, 2.75) is 0 Å². The van der Waals surface area contributed by atoms with Crippen LogP contribution in [0, 0.1) is 11.3 Å². The van der Waals surface area contributed by atoms with Gasteiger partial charge in [0.2, 0.25) is 5.88 Å². The average molecular weight is 304 g/mol. The van der Waals surface area contributed by atoms with Crippen molar-refractivity contribution in [2.24, 2.45) is 0 Å². The lowest BCUT2D eigenvalue weighted by Crippen LogP contribution is -2.01. The first-order valence-electron chi connectivity index (χ1n) is 6.83. The number of nitrogens with zero attached hydrogens (tertiary/aromatic N) is 2. The Kier molecular flexibility index (Phi) is 3.95. The second kappa shape index (κ2) is 6.04. The fourth-order valence-corrected chi connectivity index (χ4v) is 3.02. The Hall–Kier alpha value is -2.58. The van der Waals surface area contributed by atoms with Crippen LogP contribution in [0.25, 0.3) is 21.7 Å². The zero-order valence-corrected chi connectivity index (χ0v) is 13.1. The van der Waals surface area contributed by atoms with Crippen LogP contribution in [0.15, 0.2) is 47.8 Å². The van der Waals surface area contributed by atoms with Crippen LogP contribution < -0.4 is 10.2 Å². The van der Waals surface area contributed by atoms with Crippen LogP contribution in [0.3, 0.4) is 0 Å². The maximum Gasteiger partial charge on any atom is 0.232 e. The van der Waals surface area contributed by atoms with Crippen LogP contribution in [-0.4, -0.2) is 19.9 Å². The molecule has 0 atom stereocenters. The molecule has 3 aromatic rings. The highest BCUT2D eigenvalue weighted by molar-refractivity contribution is 7.13. The molecule has 3 nitrogen and oxygen atoms in total. The molecule has 0 radical (unpaired) electrons. The summed E-state index contributed by atoms with van der Waals surface area (Å²) in [5.41, 5.74) is 4.34. The summed E-state index contributed by atoms with van der Waals surface area (Å²) in [6, 6.07) is 16.3. The van der Waals surface area contributed by atoms with Crippen molar-refractivity contribution in [3.8, 4) is 33.6 Å². The van der Waals surface area contributed by atoms with E-state index >= 15 is 0 Å². The van der Waals surface area contributed by atoms with E-state index < -0.39 is 0 Å². The van der Waals surface area contributed by atoms with Crippen molar-refractivity contribution in [2.75, 3.05) is 7.11 Å². The van der Waals surface area contributed by atoms with E-state index in [2.05, 4.69) is 11.1 Å². The maximum absolute atomic E-state index is 9.46. The van der Waals surface area contributed by atoms with Crippen molar-refractivity contribution in [1.82, 2.24) is 4.98 Å². The minimum atomic E-state index is 0.365. The topological polar surface area (TPSA) is 45.9 Å². The minimum Gasteiger partial charge on any atom is -0.480 e. The van der Waals surface area contributed by atoms with E-state index in [1.165, 1.54) is 5.46 Å². The quantitative estimate of drug-likeness (QED) is 0.699. The van der Waals surface area contributed by atoms with E-state index in [1.807, 2.05) is 55.7 Å². The van der Waals surface area contributed by atoms with Gasteiger partial charge in [-0.3, -0.25) is 0 Å². The Balaban J connectivity index is 2.23. The van der Waals surface area contributed by atoms with Gasteiger partial charge < -0.3 is 4.74 Å². The number of methoxy groups -OCH3 is 1. The Morgan fingerprint density at radius 3 is 2.59 bits per heavy atom. The summed E-state index contributed by atoms with van der Waals surface area (Å²) >= 11 is 1.60. The molecule has 0 saturated carbocycles. The molecule has 2 heterocycles. The predicted octanol–water partition coefficient (Wildman–Crippen LogP) is 2.62. The second-order valence-corrected chi connectivity index (χ2v) is 5.84. The number of ether oxygens (including phenoxy) is 1. The van der Waals surface area contributed by atoms with Gasteiger partial charge in [0.15, 0.2) is 0 Å². The summed E-state index contributed by atoms with van der Waals surface area (Å²) in [4.78, 5) is 5.53. The molecule has 106 valence electrons. The molecule has 3 rings (SSSR count). The number of hydrogen-bond donors (Lipinski definition) is 0. The molecule has 22 heavy (non-hydrogen) atoms. The smallest absolute Gasteiger partial charge is 0.232 e. The fraction of sp³-hybridized carbons (Fsp3) is 0.0588. The average Bonchev–Trinajstić information content (AvgIpc) is 3.08. The first-order chi connectivity index (χ1) is 10.7. The van der Waals surface area contributed by atoms with Crippen LogP contribution in [0.2, 0.25) is 0 Å². The molecule has 0 saturated heterocycles. The Morgan fingerprint density at radius 2 is 2.00 bits per heavy atom. The van der Waals surface area contributed by atoms with E-state index in [-0.39, 0.29) is 0 Å². The van der Waals surface area contributed by atoms with Gasteiger partial charge in [-0.15, -0.1) is 11.3 Å². The highest BCUT2D eigenvalue weighted by Crippen LogP contribution is 2.35. The minimum absolute atomic E-state index is 0.365. The number of rotatable bonds is 3. The van der Waals surface area contributed by atoms with Crippen molar-refractivity contribution < 1.29 is 4.74 Å². The predicted molar refractivity (Wildman–Crippen MR) is 92.4 cm³/mol. The molecule has 0 spiro atoms. The van der Waals surface area contributed by atoms with Crippen molar-refractivity contribution >= 4 is 24.6 Å². The summed E-state index contributed by atoms with van der Waals surface area (Å²) in [6.07, 6.45) is 0. The molecule has 0 fully saturated rings. The van der Waals surface area contributed by atoms with E-state index in [0.29, 0.717) is 11.4 Å². The molecule has 0 aliphatic carbocycles. The summed E-state index contributed by atoms with van der Waals surface area (Å²) < 4.78 is 5.33. The third kappa shape index (κ3) is 2.61. The number of hydrogen-bond acceptors (Lipinski definition) is 4. The zero-order valence-electron chi connectivity index (χ0n) is 12.3. The summed E-state index contributed by atoms with van der Waals surface area (Å²) in [5, 5.41) is 11.5. The van der Waals surface area contributed by atoms with E-state index in [1.54, 1.807) is 18.4 Å². The Bertz CT molecular complexity index is 836. The van der Waals surface area contributed by atoms with E-state index in [9.17, 15) is 5.26 Å². The number of pyridine rings is 1. The normalized spacial score (nSPS) is 10.2. The molecule has 2 aromatic heterocycles. The Morgan fingerprint density at radius 1 is 1.23 bits per heavy atom. The van der Waals surface area contributed by atoms with Gasteiger partial charge in [0.05, 0.1) is 12.8 Å². The third-order valence-corrected chi connectivity index (χ3v) is 4.33. The second-order valence-electron chi connectivity index (χ2n) is 4.89. The zero-order chi connectivity index (χ0) is 15.5. The van der Waals surface area contributed by atoms with Crippen LogP contribution in [0.1, 0.15) is 5.56 Å². The first kappa shape index (κ1) is 14.4. The highest BCUT2D eigenvalue weighted by atomic mass is 32.1. The van der Waals surface area contributed by atoms with E-state index in [0.717, 1.165) is 21.7 Å². The van der Waals surface area contributed by atoms with Gasteiger partial charge in [-0.25, -0.2) is 4.98 Å².